The quantitative estimate of drug-likeness (QED) is 0.891. The zero-order valence-corrected chi connectivity index (χ0v) is 12.3. The molecule has 1 atom stereocenters. The first-order valence-corrected chi connectivity index (χ1v) is 6.90. The molecule has 102 valence electrons. The molecule has 3 nitrogen and oxygen atoms in total. The number of aromatic nitrogens is 1. The molecule has 0 aliphatic rings. The fourth-order valence-electron chi connectivity index (χ4n) is 2.17. The van der Waals surface area contributed by atoms with Gasteiger partial charge in [-0.2, -0.15) is 0 Å². The lowest BCUT2D eigenvalue weighted by Gasteiger charge is -2.17. The van der Waals surface area contributed by atoms with E-state index < -0.39 is 0 Å². The minimum Gasteiger partial charge on any atom is -0.361 e. The van der Waals surface area contributed by atoms with E-state index in [1.165, 1.54) is 5.56 Å². The molecule has 1 aromatic heterocycles. The Kier molecular flexibility index (Phi) is 4.61. The van der Waals surface area contributed by atoms with Crippen LogP contribution in [-0.4, -0.2) is 5.16 Å². The van der Waals surface area contributed by atoms with Gasteiger partial charge in [0.15, 0.2) is 0 Å². The van der Waals surface area contributed by atoms with E-state index in [1.807, 2.05) is 26.0 Å². The van der Waals surface area contributed by atoms with E-state index in [2.05, 4.69) is 29.5 Å². The van der Waals surface area contributed by atoms with Crippen molar-refractivity contribution in [1.82, 2.24) is 10.5 Å². The van der Waals surface area contributed by atoms with Crippen LogP contribution >= 0.6 is 11.6 Å². The fraction of sp³-hybridized carbons (Fsp3) is 0.400. The van der Waals surface area contributed by atoms with Gasteiger partial charge in [-0.25, -0.2) is 0 Å². The highest BCUT2D eigenvalue weighted by Gasteiger charge is 2.13. The average molecular weight is 279 g/mol. The lowest BCUT2D eigenvalue weighted by atomic mass is 10.0. The monoisotopic (exact) mass is 278 g/mol. The maximum absolute atomic E-state index is 5.92. The van der Waals surface area contributed by atoms with Crippen LogP contribution in [0, 0.1) is 13.8 Å². The first kappa shape index (κ1) is 14.1. The number of hydrogen-bond donors (Lipinski definition) is 1. The van der Waals surface area contributed by atoms with Crippen molar-refractivity contribution < 1.29 is 4.52 Å². The Morgan fingerprint density at radius 3 is 2.47 bits per heavy atom. The molecule has 1 unspecified atom stereocenters. The summed E-state index contributed by atoms with van der Waals surface area (Å²) in [6.07, 6.45) is 1.02. The second-order valence-electron chi connectivity index (χ2n) is 4.70. The standard InChI is InChI=1S/C15H19ClN2O/c1-4-15(12-5-7-13(16)8-6-12)17-9-14-10(2)18-19-11(14)3/h5-8,15,17H,4,9H2,1-3H3. The minimum atomic E-state index is 0.311. The van der Waals surface area contributed by atoms with Crippen molar-refractivity contribution in [2.45, 2.75) is 39.8 Å². The van der Waals surface area contributed by atoms with Gasteiger partial charge < -0.3 is 9.84 Å². The van der Waals surface area contributed by atoms with Crippen LogP contribution in [0.3, 0.4) is 0 Å². The molecule has 0 bridgehead atoms. The van der Waals surface area contributed by atoms with Crippen molar-refractivity contribution in [3.8, 4) is 0 Å². The van der Waals surface area contributed by atoms with Crippen LogP contribution in [0.25, 0.3) is 0 Å². The second-order valence-corrected chi connectivity index (χ2v) is 5.13. The van der Waals surface area contributed by atoms with Crippen molar-refractivity contribution in [1.29, 1.82) is 0 Å². The van der Waals surface area contributed by atoms with Crippen LogP contribution < -0.4 is 5.32 Å². The van der Waals surface area contributed by atoms with Gasteiger partial charge in [-0.3, -0.25) is 0 Å². The Hall–Kier alpha value is -1.32. The number of rotatable bonds is 5. The summed E-state index contributed by atoms with van der Waals surface area (Å²) in [5, 5.41) is 8.29. The van der Waals surface area contributed by atoms with E-state index in [4.69, 9.17) is 16.1 Å². The third kappa shape index (κ3) is 3.37. The van der Waals surface area contributed by atoms with Crippen molar-refractivity contribution in [3.63, 3.8) is 0 Å². The van der Waals surface area contributed by atoms with Gasteiger partial charge >= 0.3 is 0 Å². The third-order valence-electron chi connectivity index (χ3n) is 3.39. The van der Waals surface area contributed by atoms with Crippen molar-refractivity contribution in [2.24, 2.45) is 0 Å². The molecule has 4 heteroatoms. The number of nitrogens with one attached hydrogen (secondary N) is 1. The van der Waals surface area contributed by atoms with E-state index in [1.54, 1.807) is 0 Å². The molecule has 0 fully saturated rings. The summed E-state index contributed by atoms with van der Waals surface area (Å²) >= 11 is 5.92. The predicted molar refractivity (Wildman–Crippen MR) is 77.3 cm³/mol. The van der Waals surface area contributed by atoms with E-state index in [0.717, 1.165) is 35.0 Å². The minimum absolute atomic E-state index is 0.311. The number of benzene rings is 1. The first-order chi connectivity index (χ1) is 9.11. The fourth-order valence-corrected chi connectivity index (χ4v) is 2.30. The van der Waals surface area contributed by atoms with Crippen LogP contribution in [0.4, 0.5) is 0 Å². The van der Waals surface area contributed by atoms with Gasteiger partial charge in [-0.05, 0) is 38.0 Å². The summed E-state index contributed by atoms with van der Waals surface area (Å²) in [6.45, 7) is 6.85. The average Bonchev–Trinajstić information content (AvgIpc) is 2.72. The van der Waals surface area contributed by atoms with Gasteiger partial charge in [0.05, 0.1) is 5.69 Å². The van der Waals surface area contributed by atoms with Crippen LogP contribution in [-0.2, 0) is 6.54 Å². The zero-order chi connectivity index (χ0) is 13.8. The second kappa shape index (κ2) is 6.22. The lowest BCUT2D eigenvalue weighted by Crippen LogP contribution is -2.20. The van der Waals surface area contributed by atoms with Crippen molar-refractivity contribution >= 4 is 11.6 Å². The molecule has 1 N–H and O–H groups in total. The summed E-state index contributed by atoms with van der Waals surface area (Å²) in [5.41, 5.74) is 3.35. The Balaban J connectivity index is 2.06. The van der Waals surface area contributed by atoms with Crippen LogP contribution in [0.15, 0.2) is 28.8 Å². The van der Waals surface area contributed by atoms with Gasteiger partial charge in [0.1, 0.15) is 5.76 Å². The van der Waals surface area contributed by atoms with Gasteiger partial charge in [0.25, 0.3) is 0 Å². The van der Waals surface area contributed by atoms with Gasteiger partial charge in [-0.15, -0.1) is 0 Å². The molecule has 1 aromatic carbocycles. The number of nitrogens with zero attached hydrogens (tertiary/aromatic N) is 1. The van der Waals surface area contributed by atoms with Gasteiger partial charge in [-0.1, -0.05) is 35.8 Å². The molecule has 2 rings (SSSR count). The third-order valence-corrected chi connectivity index (χ3v) is 3.64. The highest BCUT2D eigenvalue weighted by molar-refractivity contribution is 6.30. The topological polar surface area (TPSA) is 38.1 Å². The highest BCUT2D eigenvalue weighted by Crippen LogP contribution is 2.20. The molecule has 0 saturated carbocycles. The van der Waals surface area contributed by atoms with E-state index in [0.29, 0.717) is 6.04 Å². The van der Waals surface area contributed by atoms with Crippen molar-refractivity contribution in [3.05, 3.63) is 51.9 Å². The molecule has 0 spiro atoms. The molecule has 1 heterocycles. The lowest BCUT2D eigenvalue weighted by molar-refractivity contribution is 0.391. The van der Waals surface area contributed by atoms with Gasteiger partial charge in [0, 0.05) is 23.2 Å². The summed E-state index contributed by atoms with van der Waals surface area (Å²) < 4.78 is 5.18. The van der Waals surface area contributed by atoms with Crippen LogP contribution in [0.2, 0.25) is 5.02 Å². The Labute approximate surface area is 118 Å². The normalized spacial score (nSPS) is 12.6. The Morgan fingerprint density at radius 2 is 1.95 bits per heavy atom. The number of hydrogen-bond acceptors (Lipinski definition) is 3. The summed E-state index contributed by atoms with van der Waals surface area (Å²) in [5.74, 6) is 0.885. The summed E-state index contributed by atoms with van der Waals surface area (Å²) in [7, 11) is 0. The smallest absolute Gasteiger partial charge is 0.138 e. The first-order valence-electron chi connectivity index (χ1n) is 6.52. The largest absolute Gasteiger partial charge is 0.361 e. The maximum Gasteiger partial charge on any atom is 0.138 e. The molecular formula is C15H19ClN2O. The van der Waals surface area contributed by atoms with Crippen LogP contribution in [0.5, 0.6) is 0 Å². The molecule has 0 amide bonds. The molecule has 19 heavy (non-hydrogen) atoms. The molecule has 0 aliphatic heterocycles. The SMILES string of the molecule is CCC(NCc1c(C)noc1C)c1ccc(Cl)cc1. The van der Waals surface area contributed by atoms with Gasteiger partial charge in [0.2, 0.25) is 0 Å². The Morgan fingerprint density at radius 1 is 1.26 bits per heavy atom. The molecule has 2 aromatic rings. The maximum atomic E-state index is 5.92. The zero-order valence-electron chi connectivity index (χ0n) is 11.5. The van der Waals surface area contributed by atoms with E-state index in [9.17, 15) is 0 Å². The van der Waals surface area contributed by atoms with Crippen molar-refractivity contribution in [2.75, 3.05) is 0 Å². The molecule has 0 saturated heterocycles. The summed E-state index contributed by atoms with van der Waals surface area (Å²) in [6, 6.07) is 8.30. The van der Waals surface area contributed by atoms with Crippen LogP contribution in [0.1, 0.15) is 42.0 Å². The molecule has 0 radical (unpaired) electrons. The predicted octanol–water partition coefficient (Wildman–Crippen LogP) is 4.19. The highest BCUT2D eigenvalue weighted by atomic mass is 35.5. The summed E-state index contributed by atoms with van der Waals surface area (Å²) in [4.78, 5) is 0. The Bertz CT molecular complexity index is 514. The van der Waals surface area contributed by atoms with E-state index in [-0.39, 0.29) is 0 Å². The van der Waals surface area contributed by atoms with E-state index >= 15 is 0 Å². The molecule has 0 aliphatic carbocycles. The number of aryl methyl sites for hydroxylation is 2. The molecular weight excluding hydrogens is 260 g/mol. The number of halogens is 1.